The number of allylic oxidation sites excluding steroid dienone is 2. The Morgan fingerprint density at radius 1 is 1.15 bits per heavy atom. The summed E-state index contributed by atoms with van der Waals surface area (Å²) in [6, 6.07) is 6.00. The Morgan fingerprint density at radius 3 is 2.50 bits per heavy atom. The molecule has 0 saturated carbocycles. The molecule has 0 unspecified atom stereocenters. The van der Waals surface area contributed by atoms with Crippen molar-refractivity contribution in [2.24, 2.45) is 0 Å². The molecule has 0 atom stereocenters. The van der Waals surface area contributed by atoms with E-state index >= 15 is 0 Å². The van der Waals surface area contributed by atoms with Gasteiger partial charge in [-0.15, -0.1) is 6.58 Å². The number of ether oxygens (including phenoxy) is 1. The molecule has 0 fully saturated rings. The average Bonchev–Trinajstić information content (AvgIpc) is 2.46. The summed E-state index contributed by atoms with van der Waals surface area (Å²) in [6.07, 6.45) is 8.40. The predicted octanol–water partition coefficient (Wildman–Crippen LogP) is 3.45. The molecule has 20 heavy (non-hydrogen) atoms. The number of hydrogen-bond donors (Lipinski definition) is 1. The smallest absolute Gasteiger partial charge is 0.339 e. The van der Waals surface area contributed by atoms with Crippen LogP contribution in [-0.4, -0.2) is 23.7 Å². The van der Waals surface area contributed by atoms with E-state index in [9.17, 15) is 9.59 Å². The van der Waals surface area contributed by atoms with Gasteiger partial charge in [0.15, 0.2) is 0 Å². The van der Waals surface area contributed by atoms with Crippen molar-refractivity contribution in [1.82, 2.24) is 0 Å². The molecule has 0 aliphatic rings. The molecule has 1 aromatic carbocycles. The van der Waals surface area contributed by atoms with Crippen molar-refractivity contribution in [3.05, 3.63) is 60.2 Å². The maximum atomic E-state index is 11.8. The lowest BCUT2D eigenvalue weighted by molar-refractivity contribution is 0.0536. The fourth-order valence-electron chi connectivity index (χ4n) is 1.62. The molecule has 1 aromatic rings. The second-order valence-corrected chi connectivity index (χ2v) is 4.14. The highest BCUT2D eigenvalue weighted by atomic mass is 16.5. The van der Waals surface area contributed by atoms with Crippen LogP contribution in [0.25, 0.3) is 0 Å². The van der Waals surface area contributed by atoms with E-state index in [-0.39, 0.29) is 17.7 Å². The van der Waals surface area contributed by atoms with Crippen molar-refractivity contribution in [3.63, 3.8) is 0 Å². The normalized spacial score (nSPS) is 10.4. The van der Waals surface area contributed by atoms with Gasteiger partial charge in [0, 0.05) is 0 Å². The van der Waals surface area contributed by atoms with Crippen LogP contribution in [0.1, 0.15) is 40.0 Å². The van der Waals surface area contributed by atoms with Crippen LogP contribution in [0.5, 0.6) is 0 Å². The highest BCUT2D eigenvalue weighted by Crippen LogP contribution is 2.10. The number of carbonyl (C=O) groups excluding carboxylic acids is 1. The van der Waals surface area contributed by atoms with Gasteiger partial charge in [-0.2, -0.15) is 0 Å². The topological polar surface area (TPSA) is 63.6 Å². The zero-order chi connectivity index (χ0) is 14.8. The molecular weight excluding hydrogens is 256 g/mol. The van der Waals surface area contributed by atoms with Crippen molar-refractivity contribution in [2.45, 2.75) is 19.3 Å². The maximum absolute atomic E-state index is 11.8. The molecule has 0 aliphatic carbocycles. The van der Waals surface area contributed by atoms with Crippen LogP contribution < -0.4 is 0 Å². The van der Waals surface area contributed by atoms with Crippen LogP contribution in [0, 0.1) is 0 Å². The first kappa shape index (κ1) is 15.7. The second-order valence-electron chi connectivity index (χ2n) is 4.14. The first-order chi connectivity index (χ1) is 9.66. The summed E-state index contributed by atoms with van der Waals surface area (Å²) in [5.74, 6) is -1.77. The summed E-state index contributed by atoms with van der Waals surface area (Å²) in [5.41, 5.74) is 0.0209. The van der Waals surface area contributed by atoms with E-state index in [0.717, 1.165) is 19.3 Å². The zero-order valence-corrected chi connectivity index (χ0v) is 11.2. The summed E-state index contributed by atoms with van der Waals surface area (Å²) in [6.45, 7) is 3.77. The van der Waals surface area contributed by atoms with E-state index in [4.69, 9.17) is 9.84 Å². The van der Waals surface area contributed by atoms with Crippen molar-refractivity contribution in [3.8, 4) is 0 Å². The summed E-state index contributed by atoms with van der Waals surface area (Å²) in [5, 5.41) is 8.98. The molecule has 1 rings (SSSR count). The summed E-state index contributed by atoms with van der Waals surface area (Å²) < 4.78 is 5.02. The van der Waals surface area contributed by atoms with E-state index < -0.39 is 11.9 Å². The maximum Gasteiger partial charge on any atom is 0.339 e. The SMILES string of the molecule is C=CCCCC=CCOC(=O)c1ccccc1C(=O)O. The predicted molar refractivity (Wildman–Crippen MR) is 76.9 cm³/mol. The van der Waals surface area contributed by atoms with Crippen LogP contribution in [-0.2, 0) is 4.74 Å². The van der Waals surface area contributed by atoms with E-state index in [1.807, 2.05) is 12.2 Å². The number of carboxylic acid groups (broad SMARTS) is 1. The highest BCUT2D eigenvalue weighted by molar-refractivity contribution is 6.02. The van der Waals surface area contributed by atoms with Crippen molar-refractivity contribution in [1.29, 1.82) is 0 Å². The molecule has 4 nitrogen and oxygen atoms in total. The van der Waals surface area contributed by atoms with Crippen LogP contribution >= 0.6 is 0 Å². The summed E-state index contributed by atoms with van der Waals surface area (Å²) in [4.78, 5) is 22.7. The van der Waals surface area contributed by atoms with E-state index in [1.165, 1.54) is 12.1 Å². The molecule has 0 spiro atoms. The minimum Gasteiger partial charge on any atom is -0.478 e. The molecule has 1 N–H and O–H groups in total. The third-order valence-corrected chi connectivity index (χ3v) is 2.63. The van der Waals surface area contributed by atoms with Crippen molar-refractivity contribution in [2.75, 3.05) is 6.61 Å². The van der Waals surface area contributed by atoms with Gasteiger partial charge in [-0.05, 0) is 31.4 Å². The number of esters is 1. The second kappa shape index (κ2) is 8.69. The summed E-state index contributed by atoms with van der Waals surface area (Å²) in [7, 11) is 0. The molecule has 0 radical (unpaired) electrons. The Morgan fingerprint density at radius 2 is 1.85 bits per heavy atom. The van der Waals surface area contributed by atoms with Crippen LogP contribution in [0.15, 0.2) is 49.1 Å². The van der Waals surface area contributed by atoms with Gasteiger partial charge < -0.3 is 9.84 Å². The number of benzene rings is 1. The zero-order valence-electron chi connectivity index (χ0n) is 11.2. The van der Waals surface area contributed by atoms with Crippen molar-refractivity contribution < 1.29 is 19.4 Å². The lowest BCUT2D eigenvalue weighted by Gasteiger charge is -2.05. The third-order valence-electron chi connectivity index (χ3n) is 2.63. The largest absolute Gasteiger partial charge is 0.478 e. The molecule has 0 aromatic heterocycles. The van der Waals surface area contributed by atoms with Crippen LogP contribution in [0.4, 0.5) is 0 Å². The van der Waals surface area contributed by atoms with Gasteiger partial charge in [0.2, 0.25) is 0 Å². The lowest BCUT2D eigenvalue weighted by atomic mass is 10.1. The summed E-state index contributed by atoms with van der Waals surface area (Å²) >= 11 is 0. The molecule has 106 valence electrons. The molecule has 0 heterocycles. The number of rotatable bonds is 8. The van der Waals surface area contributed by atoms with Gasteiger partial charge in [0.1, 0.15) is 6.61 Å². The minimum absolute atomic E-state index is 0.0486. The highest BCUT2D eigenvalue weighted by Gasteiger charge is 2.16. The van der Waals surface area contributed by atoms with Crippen molar-refractivity contribution >= 4 is 11.9 Å². The van der Waals surface area contributed by atoms with Gasteiger partial charge in [0.25, 0.3) is 0 Å². The Hall–Kier alpha value is -2.36. The van der Waals surface area contributed by atoms with Crippen LogP contribution in [0.2, 0.25) is 0 Å². The minimum atomic E-state index is -1.14. The van der Waals surface area contributed by atoms with E-state index in [0.29, 0.717) is 0 Å². The van der Waals surface area contributed by atoms with Gasteiger partial charge in [-0.1, -0.05) is 30.4 Å². The Balaban J connectivity index is 2.47. The third kappa shape index (κ3) is 5.10. The lowest BCUT2D eigenvalue weighted by Crippen LogP contribution is -2.11. The van der Waals surface area contributed by atoms with E-state index in [1.54, 1.807) is 18.2 Å². The Bertz CT molecular complexity index is 503. The number of hydrogen-bond acceptors (Lipinski definition) is 3. The molecule has 0 aliphatic heterocycles. The first-order valence-corrected chi connectivity index (χ1v) is 6.42. The van der Waals surface area contributed by atoms with Gasteiger partial charge in [-0.3, -0.25) is 0 Å². The quantitative estimate of drug-likeness (QED) is 0.448. The van der Waals surface area contributed by atoms with E-state index in [2.05, 4.69) is 6.58 Å². The monoisotopic (exact) mass is 274 g/mol. The fraction of sp³-hybridized carbons (Fsp3) is 0.250. The fourth-order valence-corrected chi connectivity index (χ4v) is 1.62. The molecule has 0 bridgehead atoms. The van der Waals surface area contributed by atoms with Gasteiger partial charge >= 0.3 is 11.9 Å². The molecular formula is C16H18O4. The van der Waals surface area contributed by atoms with Gasteiger partial charge in [-0.25, -0.2) is 9.59 Å². The number of carbonyl (C=O) groups is 2. The number of aromatic carboxylic acids is 1. The first-order valence-electron chi connectivity index (χ1n) is 6.42. The average molecular weight is 274 g/mol. The number of unbranched alkanes of at least 4 members (excludes halogenated alkanes) is 2. The van der Waals surface area contributed by atoms with Crippen LogP contribution in [0.3, 0.4) is 0 Å². The van der Waals surface area contributed by atoms with Gasteiger partial charge in [0.05, 0.1) is 11.1 Å². The molecule has 4 heteroatoms. The molecule has 0 saturated heterocycles. The Labute approximate surface area is 118 Å². The Kier molecular flexibility index (Phi) is 6.82. The number of carboxylic acids is 1. The molecule has 0 amide bonds. The standard InChI is InChI=1S/C16H18O4/c1-2-3-4-5-6-9-12-20-16(19)14-11-8-7-10-13(14)15(17)18/h2,6-11H,1,3-5,12H2,(H,17,18).